The highest BCUT2D eigenvalue weighted by molar-refractivity contribution is 6.31. The number of nitrogen functional groups attached to an aromatic ring is 1. The van der Waals surface area contributed by atoms with Crippen LogP contribution in [0, 0.1) is 0 Å². The third-order valence-electron chi connectivity index (χ3n) is 4.65. The first-order valence-corrected chi connectivity index (χ1v) is 8.38. The average molecular weight is 338 g/mol. The lowest BCUT2D eigenvalue weighted by atomic mass is 10.1. The predicted molar refractivity (Wildman–Crippen MR) is 98.4 cm³/mol. The van der Waals surface area contributed by atoms with Gasteiger partial charge in [-0.1, -0.05) is 17.7 Å². The Morgan fingerprint density at radius 2 is 2.08 bits per heavy atom. The summed E-state index contributed by atoms with van der Waals surface area (Å²) in [6.07, 6.45) is 4.45. The first kappa shape index (κ1) is 13.7. The second kappa shape index (κ2) is 4.92. The quantitative estimate of drug-likeness (QED) is 0.482. The van der Waals surface area contributed by atoms with Gasteiger partial charge in [0.05, 0.1) is 16.7 Å². The summed E-state index contributed by atoms with van der Waals surface area (Å²) >= 11 is 6.11. The normalized spacial score (nSPS) is 14.5. The minimum absolute atomic E-state index is 0.610. The molecule has 0 atom stereocenters. The van der Waals surface area contributed by atoms with Crippen molar-refractivity contribution in [3.63, 3.8) is 0 Å². The Kier molecular flexibility index (Phi) is 2.82. The van der Waals surface area contributed by atoms with Gasteiger partial charge in [0, 0.05) is 22.1 Å². The topological polar surface area (TPSA) is 71.7 Å². The van der Waals surface area contributed by atoms with Gasteiger partial charge in [0.2, 0.25) is 5.95 Å². The molecular formula is C18H16ClN5. The number of rotatable bonds is 3. The first-order valence-electron chi connectivity index (χ1n) is 8.00. The number of fused-ring (bicyclic) bond motifs is 2. The van der Waals surface area contributed by atoms with Crippen molar-refractivity contribution in [1.29, 1.82) is 0 Å². The number of hydrogen-bond donors (Lipinski definition) is 3. The molecule has 0 saturated heterocycles. The number of nitrogens with zero attached hydrogens (tertiary/aromatic N) is 2. The molecule has 0 unspecified atom stereocenters. The SMILES string of the molecule is Nn1c(Nc2c[nH]c3ccc(Cl)cc23)nc2cc(C3CC3)ccc21. The van der Waals surface area contributed by atoms with Crippen LogP contribution < -0.4 is 11.2 Å². The van der Waals surface area contributed by atoms with Gasteiger partial charge in [-0.15, -0.1) is 0 Å². The number of aromatic amines is 1. The number of anilines is 2. The van der Waals surface area contributed by atoms with Crippen molar-refractivity contribution in [2.45, 2.75) is 18.8 Å². The van der Waals surface area contributed by atoms with Crippen LogP contribution in [0.3, 0.4) is 0 Å². The zero-order valence-electron chi connectivity index (χ0n) is 12.9. The summed E-state index contributed by atoms with van der Waals surface area (Å²) in [4.78, 5) is 7.89. The van der Waals surface area contributed by atoms with Crippen LogP contribution in [0.5, 0.6) is 0 Å². The van der Waals surface area contributed by atoms with Gasteiger partial charge in [-0.2, -0.15) is 0 Å². The summed E-state index contributed by atoms with van der Waals surface area (Å²) in [5.41, 5.74) is 5.10. The van der Waals surface area contributed by atoms with E-state index in [0.717, 1.165) is 27.6 Å². The van der Waals surface area contributed by atoms with Crippen LogP contribution in [0.2, 0.25) is 5.02 Å². The number of nitrogens with one attached hydrogen (secondary N) is 2. The molecule has 0 aliphatic heterocycles. The number of H-pyrrole nitrogens is 1. The lowest BCUT2D eigenvalue weighted by Crippen LogP contribution is -2.11. The largest absolute Gasteiger partial charge is 0.359 e. The summed E-state index contributed by atoms with van der Waals surface area (Å²) in [6, 6.07) is 12.1. The van der Waals surface area contributed by atoms with E-state index >= 15 is 0 Å². The van der Waals surface area contributed by atoms with Crippen LogP contribution in [-0.2, 0) is 0 Å². The molecule has 0 amide bonds. The molecule has 5 nitrogen and oxygen atoms in total. The van der Waals surface area contributed by atoms with Gasteiger partial charge in [0.15, 0.2) is 0 Å². The Bertz CT molecular complexity index is 1070. The molecule has 2 aromatic carbocycles. The van der Waals surface area contributed by atoms with Crippen molar-refractivity contribution in [3.05, 3.63) is 53.2 Å². The number of aromatic nitrogens is 3. The van der Waals surface area contributed by atoms with Crippen molar-refractivity contribution in [2.75, 3.05) is 11.2 Å². The molecule has 4 aromatic rings. The highest BCUT2D eigenvalue weighted by Gasteiger charge is 2.24. The van der Waals surface area contributed by atoms with Gasteiger partial charge in [-0.3, -0.25) is 0 Å². The van der Waals surface area contributed by atoms with Crippen molar-refractivity contribution in [1.82, 2.24) is 14.6 Å². The van der Waals surface area contributed by atoms with Gasteiger partial charge in [-0.25, -0.2) is 9.66 Å². The Labute approximate surface area is 143 Å². The number of nitrogens with two attached hydrogens (primary N) is 1. The average Bonchev–Trinajstić information content (AvgIpc) is 3.30. The van der Waals surface area contributed by atoms with Gasteiger partial charge >= 0.3 is 0 Å². The lowest BCUT2D eigenvalue weighted by Gasteiger charge is -2.05. The second-order valence-corrected chi connectivity index (χ2v) is 6.78. The van der Waals surface area contributed by atoms with Crippen LogP contribution in [0.15, 0.2) is 42.6 Å². The zero-order valence-corrected chi connectivity index (χ0v) is 13.6. The van der Waals surface area contributed by atoms with E-state index in [1.807, 2.05) is 30.5 Å². The van der Waals surface area contributed by atoms with Crippen LogP contribution >= 0.6 is 11.6 Å². The fourth-order valence-electron chi connectivity index (χ4n) is 3.19. The standard InChI is InChI=1S/C18H16ClN5/c19-12-4-5-14-13(8-12)16(9-21-14)23-18-22-15-7-11(10-1-2-10)3-6-17(15)24(18)20/h3-10,21H,1-2,20H2,(H,22,23). The number of imidazole rings is 1. The van der Waals surface area contributed by atoms with E-state index in [2.05, 4.69) is 27.4 Å². The number of benzene rings is 2. The molecule has 6 heteroatoms. The highest BCUT2D eigenvalue weighted by Crippen LogP contribution is 2.41. The maximum atomic E-state index is 6.23. The van der Waals surface area contributed by atoms with E-state index in [-0.39, 0.29) is 0 Å². The van der Waals surface area contributed by atoms with E-state index in [0.29, 0.717) is 16.9 Å². The molecule has 4 N–H and O–H groups in total. The minimum atomic E-state index is 0.610. The summed E-state index contributed by atoms with van der Waals surface area (Å²) in [6.45, 7) is 0. The molecular weight excluding hydrogens is 322 g/mol. The molecule has 5 rings (SSSR count). The van der Waals surface area contributed by atoms with E-state index in [1.54, 1.807) is 4.68 Å². The third kappa shape index (κ3) is 2.12. The Balaban J connectivity index is 1.58. The lowest BCUT2D eigenvalue weighted by molar-refractivity contribution is 1.04. The Hall–Kier alpha value is -2.66. The molecule has 120 valence electrons. The summed E-state index contributed by atoms with van der Waals surface area (Å²) in [7, 11) is 0. The third-order valence-corrected chi connectivity index (χ3v) is 4.89. The molecule has 1 aliphatic rings. The Morgan fingerprint density at radius 3 is 2.92 bits per heavy atom. The van der Waals surface area contributed by atoms with E-state index in [1.165, 1.54) is 18.4 Å². The van der Waals surface area contributed by atoms with Gasteiger partial charge in [-0.05, 0) is 54.7 Å². The van der Waals surface area contributed by atoms with Gasteiger partial charge < -0.3 is 16.1 Å². The van der Waals surface area contributed by atoms with E-state index in [4.69, 9.17) is 17.4 Å². The molecule has 2 aromatic heterocycles. The molecule has 1 fully saturated rings. The molecule has 0 bridgehead atoms. The fraction of sp³-hybridized carbons (Fsp3) is 0.167. The van der Waals surface area contributed by atoms with Crippen molar-refractivity contribution >= 4 is 45.2 Å². The van der Waals surface area contributed by atoms with Crippen LogP contribution in [-0.4, -0.2) is 14.6 Å². The van der Waals surface area contributed by atoms with Gasteiger partial charge in [0.1, 0.15) is 0 Å². The zero-order chi connectivity index (χ0) is 16.3. The predicted octanol–water partition coefficient (Wildman–Crippen LogP) is 4.51. The molecule has 24 heavy (non-hydrogen) atoms. The molecule has 0 spiro atoms. The van der Waals surface area contributed by atoms with Crippen LogP contribution in [0.1, 0.15) is 24.3 Å². The monoisotopic (exact) mass is 337 g/mol. The maximum Gasteiger partial charge on any atom is 0.227 e. The molecule has 1 aliphatic carbocycles. The fourth-order valence-corrected chi connectivity index (χ4v) is 3.36. The summed E-state index contributed by atoms with van der Waals surface area (Å²) in [5.74, 6) is 7.54. The van der Waals surface area contributed by atoms with Gasteiger partial charge in [0.25, 0.3) is 0 Å². The second-order valence-electron chi connectivity index (χ2n) is 6.35. The minimum Gasteiger partial charge on any atom is -0.359 e. The first-order chi connectivity index (χ1) is 11.7. The summed E-state index contributed by atoms with van der Waals surface area (Å²) < 4.78 is 1.59. The van der Waals surface area contributed by atoms with Crippen LogP contribution in [0.4, 0.5) is 11.6 Å². The number of hydrogen-bond acceptors (Lipinski definition) is 3. The Morgan fingerprint density at radius 1 is 1.21 bits per heavy atom. The highest BCUT2D eigenvalue weighted by atomic mass is 35.5. The number of halogens is 1. The molecule has 0 radical (unpaired) electrons. The molecule has 2 heterocycles. The van der Waals surface area contributed by atoms with Crippen molar-refractivity contribution in [2.24, 2.45) is 0 Å². The smallest absolute Gasteiger partial charge is 0.227 e. The van der Waals surface area contributed by atoms with Crippen LogP contribution in [0.25, 0.3) is 21.9 Å². The van der Waals surface area contributed by atoms with E-state index in [9.17, 15) is 0 Å². The van der Waals surface area contributed by atoms with Crippen molar-refractivity contribution in [3.8, 4) is 0 Å². The van der Waals surface area contributed by atoms with Crippen molar-refractivity contribution < 1.29 is 0 Å². The van der Waals surface area contributed by atoms with E-state index < -0.39 is 0 Å². The molecule has 1 saturated carbocycles. The maximum absolute atomic E-state index is 6.23. The summed E-state index contributed by atoms with van der Waals surface area (Å²) in [5, 5.41) is 5.02.